The summed E-state index contributed by atoms with van der Waals surface area (Å²) in [5.74, 6) is 1.80. The average Bonchev–Trinajstić information content (AvgIpc) is 3.06. The molecule has 1 N–H and O–H groups in total. The van der Waals surface area contributed by atoms with Crippen molar-refractivity contribution in [3.8, 4) is 5.75 Å². The number of carbonyl (C=O) groups is 1. The molecule has 1 aromatic carbocycles. The lowest BCUT2D eigenvalue weighted by molar-refractivity contribution is -0.123. The van der Waals surface area contributed by atoms with Crippen LogP contribution in [0.4, 0.5) is 0 Å². The molecule has 0 unspecified atom stereocenters. The molecule has 1 aliphatic rings. The van der Waals surface area contributed by atoms with Gasteiger partial charge in [0, 0.05) is 5.92 Å². The monoisotopic (exact) mass is 233 g/mol. The van der Waals surface area contributed by atoms with E-state index in [1.807, 2.05) is 31.2 Å². The first kappa shape index (κ1) is 12.0. The smallest absolute Gasteiger partial charge is 0.223 e. The van der Waals surface area contributed by atoms with Gasteiger partial charge in [0.2, 0.25) is 5.91 Å². The predicted octanol–water partition coefficient (Wildman–Crippen LogP) is 2.53. The average molecular weight is 233 g/mol. The topological polar surface area (TPSA) is 38.3 Å². The van der Waals surface area contributed by atoms with Crippen LogP contribution < -0.4 is 10.1 Å². The molecule has 0 aromatic heterocycles. The van der Waals surface area contributed by atoms with Crippen LogP contribution in [0.1, 0.15) is 31.9 Å². The molecule has 1 saturated carbocycles. The number of benzene rings is 1. The number of hydrogen-bond acceptors (Lipinski definition) is 2. The van der Waals surface area contributed by atoms with E-state index in [0.29, 0.717) is 5.92 Å². The molecule has 0 bridgehead atoms. The van der Waals surface area contributed by atoms with Crippen LogP contribution >= 0.6 is 0 Å². The van der Waals surface area contributed by atoms with E-state index in [2.05, 4.69) is 12.2 Å². The molecule has 1 aromatic rings. The van der Waals surface area contributed by atoms with E-state index < -0.39 is 0 Å². The van der Waals surface area contributed by atoms with E-state index in [9.17, 15) is 4.79 Å². The Morgan fingerprint density at radius 2 is 2.00 bits per heavy atom. The molecule has 3 heteroatoms. The Morgan fingerprint density at radius 1 is 1.41 bits per heavy atom. The van der Waals surface area contributed by atoms with E-state index >= 15 is 0 Å². The summed E-state index contributed by atoms with van der Waals surface area (Å²) < 4.78 is 5.10. The molecule has 1 amide bonds. The normalized spacial score (nSPS) is 23.9. The van der Waals surface area contributed by atoms with Crippen LogP contribution in [-0.4, -0.2) is 13.0 Å². The SMILES string of the molecule is COc1ccc([C@H](C)NC(=O)[C@@H]2C[C@@H]2C)cc1. The van der Waals surface area contributed by atoms with Crippen molar-refractivity contribution in [3.63, 3.8) is 0 Å². The maximum Gasteiger partial charge on any atom is 0.223 e. The molecule has 2 rings (SSSR count). The van der Waals surface area contributed by atoms with Gasteiger partial charge in [0.1, 0.15) is 5.75 Å². The van der Waals surface area contributed by atoms with E-state index in [1.165, 1.54) is 0 Å². The Hall–Kier alpha value is -1.51. The zero-order valence-corrected chi connectivity index (χ0v) is 10.6. The van der Waals surface area contributed by atoms with Crippen LogP contribution in [0, 0.1) is 11.8 Å². The van der Waals surface area contributed by atoms with Gasteiger partial charge in [0.25, 0.3) is 0 Å². The molecule has 1 fully saturated rings. The van der Waals surface area contributed by atoms with Gasteiger partial charge in [-0.05, 0) is 37.0 Å². The van der Waals surface area contributed by atoms with Gasteiger partial charge >= 0.3 is 0 Å². The highest BCUT2D eigenvalue weighted by Crippen LogP contribution is 2.38. The van der Waals surface area contributed by atoms with Crippen LogP contribution in [0.5, 0.6) is 5.75 Å². The van der Waals surface area contributed by atoms with Crippen LogP contribution in [0.2, 0.25) is 0 Å². The van der Waals surface area contributed by atoms with Gasteiger partial charge in [-0.2, -0.15) is 0 Å². The van der Waals surface area contributed by atoms with Crippen LogP contribution in [0.3, 0.4) is 0 Å². The molecule has 0 saturated heterocycles. The highest BCUT2D eigenvalue weighted by Gasteiger charge is 2.39. The summed E-state index contributed by atoms with van der Waals surface area (Å²) in [7, 11) is 1.65. The highest BCUT2D eigenvalue weighted by atomic mass is 16.5. The van der Waals surface area contributed by atoms with E-state index in [4.69, 9.17) is 4.74 Å². The maximum absolute atomic E-state index is 11.8. The van der Waals surface area contributed by atoms with Crippen molar-refractivity contribution in [3.05, 3.63) is 29.8 Å². The first-order valence-electron chi connectivity index (χ1n) is 6.06. The molecule has 0 radical (unpaired) electrons. The minimum absolute atomic E-state index is 0.0567. The number of nitrogens with one attached hydrogen (secondary N) is 1. The van der Waals surface area contributed by atoms with Gasteiger partial charge in [-0.15, -0.1) is 0 Å². The summed E-state index contributed by atoms with van der Waals surface area (Å²) in [6.07, 6.45) is 1.03. The second-order valence-electron chi connectivity index (χ2n) is 4.82. The van der Waals surface area contributed by atoms with Crippen molar-refractivity contribution >= 4 is 5.91 Å². The molecule has 3 nitrogen and oxygen atoms in total. The Labute approximate surface area is 102 Å². The first-order chi connectivity index (χ1) is 8.11. The number of carbonyl (C=O) groups excluding carboxylic acids is 1. The number of amides is 1. The van der Waals surface area contributed by atoms with E-state index in [1.54, 1.807) is 7.11 Å². The zero-order valence-electron chi connectivity index (χ0n) is 10.6. The second-order valence-corrected chi connectivity index (χ2v) is 4.82. The summed E-state index contributed by atoms with van der Waals surface area (Å²) in [6, 6.07) is 7.86. The van der Waals surface area contributed by atoms with Crippen LogP contribution in [0.25, 0.3) is 0 Å². The molecule has 1 aliphatic carbocycles. The van der Waals surface area contributed by atoms with E-state index in [0.717, 1.165) is 17.7 Å². The van der Waals surface area contributed by atoms with Gasteiger partial charge in [-0.3, -0.25) is 4.79 Å². The van der Waals surface area contributed by atoms with Gasteiger partial charge in [0.15, 0.2) is 0 Å². The molecule has 17 heavy (non-hydrogen) atoms. The Kier molecular flexibility index (Phi) is 3.36. The standard InChI is InChI=1S/C14H19NO2/c1-9-8-13(9)14(16)15-10(2)11-4-6-12(17-3)7-5-11/h4-7,9-10,13H,8H2,1-3H3,(H,15,16)/t9-,10-,13+/m0/s1. The zero-order chi connectivity index (χ0) is 12.4. The quantitative estimate of drug-likeness (QED) is 0.867. The molecular weight excluding hydrogens is 214 g/mol. The summed E-state index contributed by atoms with van der Waals surface area (Å²) in [4.78, 5) is 11.8. The summed E-state index contributed by atoms with van der Waals surface area (Å²) in [6.45, 7) is 4.12. The maximum atomic E-state index is 11.8. The molecule has 0 aliphatic heterocycles. The summed E-state index contributed by atoms with van der Waals surface area (Å²) >= 11 is 0. The van der Waals surface area contributed by atoms with Crippen molar-refractivity contribution in [2.24, 2.45) is 11.8 Å². The van der Waals surface area contributed by atoms with Gasteiger partial charge < -0.3 is 10.1 Å². The fourth-order valence-electron chi connectivity index (χ4n) is 1.98. The third kappa shape index (κ3) is 2.78. The van der Waals surface area contributed by atoms with Crippen molar-refractivity contribution in [2.45, 2.75) is 26.3 Å². The van der Waals surface area contributed by atoms with E-state index in [-0.39, 0.29) is 17.9 Å². The largest absolute Gasteiger partial charge is 0.497 e. The third-order valence-corrected chi connectivity index (χ3v) is 3.42. The van der Waals surface area contributed by atoms with Gasteiger partial charge in [-0.1, -0.05) is 19.1 Å². The fourth-order valence-corrected chi connectivity index (χ4v) is 1.98. The van der Waals surface area contributed by atoms with Crippen molar-refractivity contribution in [1.82, 2.24) is 5.32 Å². The summed E-state index contributed by atoms with van der Waals surface area (Å²) in [5, 5.41) is 3.05. The number of ether oxygens (including phenoxy) is 1. The molecule has 92 valence electrons. The minimum atomic E-state index is 0.0567. The molecular formula is C14H19NO2. The fraction of sp³-hybridized carbons (Fsp3) is 0.500. The Balaban J connectivity index is 1.94. The van der Waals surface area contributed by atoms with Crippen LogP contribution in [-0.2, 0) is 4.79 Å². The number of rotatable bonds is 4. The minimum Gasteiger partial charge on any atom is -0.497 e. The number of hydrogen-bond donors (Lipinski definition) is 1. The lowest BCUT2D eigenvalue weighted by Crippen LogP contribution is -2.28. The van der Waals surface area contributed by atoms with Gasteiger partial charge in [-0.25, -0.2) is 0 Å². The number of methoxy groups -OCH3 is 1. The molecule has 0 heterocycles. The van der Waals surface area contributed by atoms with Crippen molar-refractivity contribution < 1.29 is 9.53 Å². The van der Waals surface area contributed by atoms with Crippen molar-refractivity contribution in [1.29, 1.82) is 0 Å². The second kappa shape index (κ2) is 4.78. The lowest BCUT2D eigenvalue weighted by Gasteiger charge is -2.14. The van der Waals surface area contributed by atoms with Crippen LogP contribution in [0.15, 0.2) is 24.3 Å². The Bertz CT molecular complexity index is 399. The molecule has 3 atom stereocenters. The third-order valence-electron chi connectivity index (χ3n) is 3.42. The Morgan fingerprint density at radius 3 is 2.47 bits per heavy atom. The first-order valence-corrected chi connectivity index (χ1v) is 6.06. The summed E-state index contributed by atoms with van der Waals surface area (Å²) in [5.41, 5.74) is 1.10. The highest BCUT2D eigenvalue weighted by molar-refractivity contribution is 5.81. The molecule has 0 spiro atoms. The predicted molar refractivity (Wildman–Crippen MR) is 66.8 cm³/mol. The van der Waals surface area contributed by atoms with Crippen molar-refractivity contribution in [2.75, 3.05) is 7.11 Å². The lowest BCUT2D eigenvalue weighted by atomic mass is 10.1. The van der Waals surface area contributed by atoms with Gasteiger partial charge in [0.05, 0.1) is 13.2 Å².